The monoisotopic (exact) mass is 370 g/mol. The molecule has 146 valence electrons. The van der Waals surface area contributed by atoms with Gasteiger partial charge in [-0.3, -0.25) is 9.69 Å². The van der Waals surface area contributed by atoms with Gasteiger partial charge in [-0.25, -0.2) is 0 Å². The number of nitrogens with zero attached hydrogens (tertiary/aromatic N) is 4. The lowest BCUT2D eigenvalue weighted by Gasteiger charge is -2.46. The number of benzene rings is 1. The summed E-state index contributed by atoms with van der Waals surface area (Å²) in [7, 11) is 2.17. The number of nitriles is 1. The Morgan fingerprint density at radius 1 is 1.19 bits per heavy atom. The van der Waals surface area contributed by atoms with E-state index in [9.17, 15) is 9.90 Å². The number of piperazine rings is 1. The molecular formula is C21H30N4O2. The Kier molecular flexibility index (Phi) is 6.84. The molecule has 1 N–H and O–H groups in total. The zero-order chi connectivity index (χ0) is 19.2. The van der Waals surface area contributed by atoms with Crippen LogP contribution in [0.1, 0.15) is 35.2 Å². The molecule has 0 bridgehead atoms. The molecule has 0 aliphatic carbocycles. The summed E-state index contributed by atoms with van der Waals surface area (Å²) in [6.45, 7) is 6.08. The maximum atomic E-state index is 12.9. The highest BCUT2D eigenvalue weighted by Gasteiger charge is 2.35. The summed E-state index contributed by atoms with van der Waals surface area (Å²) in [5.41, 5.74) is 1.22. The first kappa shape index (κ1) is 19.8. The van der Waals surface area contributed by atoms with Crippen molar-refractivity contribution in [2.75, 3.05) is 52.9 Å². The van der Waals surface area contributed by atoms with Gasteiger partial charge >= 0.3 is 0 Å². The van der Waals surface area contributed by atoms with Gasteiger partial charge in [-0.1, -0.05) is 0 Å². The minimum Gasteiger partial charge on any atom is -0.396 e. The van der Waals surface area contributed by atoms with Gasteiger partial charge in [-0.2, -0.15) is 5.26 Å². The van der Waals surface area contributed by atoms with E-state index in [0.29, 0.717) is 23.1 Å². The fourth-order valence-electron chi connectivity index (χ4n) is 4.35. The maximum Gasteiger partial charge on any atom is 0.253 e. The Morgan fingerprint density at radius 2 is 1.89 bits per heavy atom. The molecule has 3 rings (SSSR count). The number of hydrogen-bond donors (Lipinski definition) is 1. The van der Waals surface area contributed by atoms with Gasteiger partial charge in [0.15, 0.2) is 0 Å². The van der Waals surface area contributed by atoms with Crippen molar-refractivity contribution < 1.29 is 9.90 Å². The van der Waals surface area contributed by atoms with Gasteiger partial charge in [0.2, 0.25) is 0 Å². The van der Waals surface area contributed by atoms with Gasteiger partial charge in [0.25, 0.3) is 5.91 Å². The van der Waals surface area contributed by atoms with Crippen molar-refractivity contribution in [2.24, 2.45) is 5.92 Å². The summed E-state index contributed by atoms with van der Waals surface area (Å²) in [5.74, 6) is 0.446. The lowest BCUT2D eigenvalue weighted by atomic mass is 9.86. The van der Waals surface area contributed by atoms with Crippen LogP contribution < -0.4 is 0 Å². The van der Waals surface area contributed by atoms with E-state index in [4.69, 9.17) is 5.26 Å². The van der Waals surface area contributed by atoms with E-state index in [1.54, 1.807) is 24.3 Å². The number of piperidine rings is 1. The first-order valence-electron chi connectivity index (χ1n) is 9.95. The molecule has 0 spiro atoms. The highest BCUT2D eigenvalue weighted by Crippen LogP contribution is 2.28. The number of likely N-dealkylation sites (tertiary alicyclic amines) is 1. The summed E-state index contributed by atoms with van der Waals surface area (Å²) in [5, 5.41) is 18.2. The third-order valence-corrected chi connectivity index (χ3v) is 5.98. The van der Waals surface area contributed by atoms with Crippen molar-refractivity contribution in [2.45, 2.75) is 25.3 Å². The van der Waals surface area contributed by atoms with Gasteiger partial charge in [0, 0.05) is 57.5 Å². The van der Waals surface area contributed by atoms with Crippen molar-refractivity contribution in [3.63, 3.8) is 0 Å². The predicted octanol–water partition coefficient (Wildman–Crippen LogP) is 1.41. The van der Waals surface area contributed by atoms with E-state index < -0.39 is 0 Å². The molecule has 1 aromatic rings. The smallest absolute Gasteiger partial charge is 0.253 e. The van der Waals surface area contributed by atoms with E-state index in [0.717, 1.165) is 58.5 Å². The fraction of sp³-hybridized carbons (Fsp3) is 0.619. The van der Waals surface area contributed by atoms with Crippen LogP contribution in [0, 0.1) is 17.2 Å². The number of carbonyl (C=O) groups is 1. The summed E-state index contributed by atoms with van der Waals surface area (Å²) < 4.78 is 0. The Hall–Kier alpha value is -1.94. The zero-order valence-corrected chi connectivity index (χ0v) is 16.2. The Balaban J connectivity index is 1.67. The second-order valence-electron chi connectivity index (χ2n) is 7.76. The first-order valence-corrected chi connectivity index (χ1v) is 9.95. The van der Waals surface area contributed by atoms with Crippen molar-refractivity contribution in [3.05, 3.63) is 35.4 Å². The molecule has 1 aromatic carbocycles. The Morgan fingerprint density at radius 3 is 2.52 bits per heavy atom. The van der Waals surface area contributed by atoms with Crippen molar-refractivity contribution in [3.8, 4) is 6.07 Å². The van der Waals surface area contributed by atoms with Gasteiger partial charge in [0.05, 0.1) is 11.6 Å². The topological polar surface area (TPSA) is 70.8 Å². The summed E-state index contributed by atoms with van der Waals surface area (Å²) in [4.78, 5) is 19.8. The lowest BCUT2D eigenvalue weighted by molar-refractivity contribution is 0.0218. The molecule has 6 nitrogen and oxygen atoms in total. The highest BCUT2D eigenvalue weighted by molar-refractivity contribution is 5.94. The van der Waals surface area contributed by atoms with E-state index in [1.807, 2.05) is 4.90 Å². The summed E-state index contributed by atoms with van der Waals surface area (Å²) in [6.07, 6.45) is 2.72. The Bertz CT molecular complexity index is 662. The molecule has 2 heterocycles. The molecule has 2 fully saturated rings. The predicted molar refractivity (Wildman–Crippen MR) is 104 cm³/mol. The van der Waals surface area contributed by atoms with Gasteiger partial charge < -0.3 is 14.9 Å². The summed E-state index contributed by atoms with van der Waals surface area (Å²) >= 11 is 0. The third kappa shape index (κ3) is 4.86. The van der Waals surface area contributed by atoms with Crippen LogP contribution in [0.5, 0.6) is 0 Å². The van der Waals surface area contributed by atoms with Crippen LogP contribution >= 0.6 is 0 Å². The molecule has 0 aromatic heterocycles. The first-order chi connectivity index (χ1) is 13.1. The largest absolute Gasteiger partial charge is 0.396 e. The zero-order valence-electron chi connectivity index (χ0n) is 16.2. The van der Waals surface area contributed by atoms with E-state index in [2.05, 4.69) is 22.9 Å². The van der Waals surface area contributed by atoms with Gasteiger partial charge in [0.1, 0.15) is 0 Å². The molecule has 0 saturated carbocycles. The van der Waals surface area contributed by atoms with Crippen LogP contribution in [0.15, 0.2) is 24.3 Å². The quantitative estimate of drug-likeness (QED) is 0.849. The molecule has 27 heavy (non-hydrogen) atoms. The van der Waals surface area contributed by atoms with E-state index in [-0.39, 0.29) is 12.5 Å². The maximum absolute atomic E-state index is 12.9. The van der Waals surface area contributed by atoms with Crippen molar-refractivity contribution >= 4 is 5.91 Å². The molecule has 2 saturated heterocycles. The number of rotatable bonds is 5. The van der Waals surface area contributed by atoms with Crippen LogP contribution in [-0.2, 0) is 0 Å². The minimum atomic E-state index is 0.0466. The molecule has 2 atom stereocenters. The number of aliphatic hydroxyl groups excluding tert-OH is 1. The number of likely N-dealkylation sites (N-methyl/N-ethyl adjacent to an activating group) is 1. The molecule has 6 heteroatoms. The van der Waals surface area contributed by atoms with Crippen LogP contribution in [0.3, 0.4) is 0 Å². The van der Waals surface area contributed by atoms with Crippen LogP contribution in [0.25, 0.3) is 0 Å². The van der Waals surface area contributed by atoms with E-state index in [1.165, 1.54) is 0 Å². The normalized spacial score (nSPS) is 24.6. The minimum absolute atomic E-state index is 0.0466. The third-order valence-electron chi connectivity index (χ3n) is 5.98. The second-order valence-corrected chi connectivity index (χ2v) is 7.76. The average molecular weight is 370 g/mol. The molecule has 2 aliphatic heterocycles. The second kappa shape index (κ2) is 9.32. The average Bonchev–Trinajstić information content (AvgIpc) is 2.72. The Labute approximate surface area is 162 Å². The van der Waals surface area contributed by atoms with Crippen LogP contribution in [-0.4, -0.2) is 84.7 Å². The van der Waals surface area contributed by atoms with Crippen molar-refractivity contribution in [1.29, 1.82) is 5.26 Å². The fourth-order valence-corrected chi connectivity index (χ4v) is 4.35. The molecular weight excluding hydrogens is 340 g/mol. The molecule has 2 aliphatic rings. The van der Waals surface area contributed by atoms with Gasteiger partial charge in [-0.15, -0.1) is 0 Å². The van der Waals surface area contributed by atoms with Gasteiger partial charge in [-0.05, 0) is 56.5 Å². The summed E-state index contributed by atoms with van der Waals surface area (Å²) in [6, 6.07) is 9.48. The number of amides is 1. The molecule has 0 radical (unpaired) electrons. The molecule has 1 amide bonds. The van der Waals surface area contributed by atoms with Crippen LogP contribution in [0.2, 0.25) is 0 Å². The van der Waals surface area contributed by atoms with Crippen molar-refractivity contribution in [1.82, 2.24) is 14.7 Å². The SMILES string of the molecule is CN1CCN([C@H]2CCN(C(=O)c3ccc(C#N)cc3)C[C@H]2CCCO)CC1. The van der Waals surface area contributed by atoms with E-state index >= 15 is 0 Å². The lowest BCUT2D eigenvalue weighted by Crippen LogP contribution is -2.56. The van der Waals surface area contributed by atoms with Crippen LogP contribution in [0.4, 0.5) is 0 Å². The highest BCUT2D eigenvalue weighted by atomic mass is 16.3. The number of hydrogen-bond acceptors (Lipinski definition) is 5. The molecule has 0 unspecified atom stereocenters. The number of aliphatic hydroxyl groups is 1. The standard InChI is InChI=1S/C21H30N4O2/c1-23-10-12-24(13-11-23)20-8-9-25(16-19(20)3-2-14-26)21(27)18-6-4-17(15-22)5-7-18/h4-7,19-20,26H,2-3,8-14,16H2,1H3/t19-,20+/m1/s1. The number of carbonyl (C=O) groups excluding carboxylic acids is 1.